The van der Waals surface area contributed by atoms with Crippen LogP contribution in [0.1, 0.15) is 33.7 Å². The second-order valence-corrected chi connectivity index (χ2v) is 5.35. The minimum absolute atomic E-state index is 0.109. The van der Waals surface area contributed by atoms with Gasteiger partial charge >= 0.3 is 5.97 Å². The summed E-state index contributed by atoms with van der Waals surface area (Å²) in [6, 6.07) is 12.5. The largest absolute Gasteiger partial charge is 0.461 e. The molecule has 0 saturated carbocycles. The molecular weight excluding hydrogens is 338 g/mol. The highest BCUT2D eigenvalue weighted by atomic mass is 16.5. The number of benzene rings is 1. The molecule has 0 radical (unpaired) electrons. The van der Waals surface area contributed by atoms with E-state index in [0.29, 0.717) is 24.5 Å². The van der Waals surface area contributed by atoms with Crippen LogP contribution in [0, 0.1) is 0 Å². The van der Waals surface area contributed by atoms with Gasteiger partial charge in [0.25, 0.3) is 5.91 Å². The van der Waals surface area contributed by atoms with Gasteiger partial charge in [-0.3, -0.25) is 4.79 Å². The van der Waals surface area contributed by atoms with Gasteiger partial charge < -0.3 is 19.1 Å². The molecule has 0 atom stereocenters. The summed E-state index contributed by atoms with van der Waals surface area (Å²) in [6.45, 7) is 2.27. The number of hydrogen-bond acceptors (Lipinski definition) is 7. The maximum Gasteiger partial charge on any atom is 0.360 e. The van der Waals surface area contributed by atoms with E-state index in [1.165, 1.54) is 6.07 Å². The Morgan fingerprint density at radius 3 is 2.62 bits per heavy atom. The summed E-state index contributed by atoms with van der Waals surface area (Å²) >= 11 is 0. The van der Waals surface area contributed by atoms with Crippen molar-refractivity contribution in [1.29, 1.82) is 0 Å². The highest BCUT2D eigenvalue weighted by Gasteiger charge is 2.15. The van der Waals surface area contributed by atoms with Crippen molar-refractivity contribution in [1.82, 2.24) is 15.6 Å². The van der Waals surface area contributed by atoms with Crippen LogP contribution in [0.25, 0.3) is 11.3 Å². The van der Waals surface area contributed by atoms with Gasteiger partial charge in [-0.25, -0.2) is 4.79 Å². The summed E-state index contributed by atoms with van der Waals surface area (Å²) in [5, 5.41) is 10.1. The van der Waals surface area contributed by atoms with Crippen LogP contribution in [-0.4, -0.2) is 35.3 Å². The molecule has 26 heavy (non-hydrogen) atoms. The maximum absolute atomic E-state index is 12.1. The lowest BCUT2D eigenvalue weighted by atomic mass is 10.1. The molecular formula is C18H17N3O5. The van der Waals surface area contributed by atoms with Crippen molar-refractivity contribution in [2.45, 2.75) is 13.3 Å². The molecule has 2 heterocycles. The Kier molecular flexibility index (Phi) is 5.43. The van der Waals surface area contributed by atoms with E-state index in [-0.39, 0.29) is 23.9 Å². The van der Waals surface area contributed by atoms with E-state index in [1.54, 1.807) is 13.0 Å². The SMILES string of the molecule is CCOC(=O)c1cc(CCNC(=O)c2cc(-c3ccccc3)on2)on1. The third kappa shape index (κ3) is 4.15. The molecule has 8 heteroatoms. The lowest BCUT2D eigenvalue weighted by Gasteiger charge is -1.99. The van der Waals surface area contributed by atoms with Crippen LogP contribution in [0.5, 0.6) is 0 Å². The first-order valence-corrected chi connectivity index (χ1v) is 8.10. The fraction of sp³-hybridized carbons (Fsp3) is 0.222. The Morgan fingerprint density at radius 2 is 1.85 bits per heavy atom. The second-order valence-electron chi connectivity index (χ2n) is 5.35. The van der Waals surface area contributed by atoms with Gasteiger partial charge in [-0.1, -0.05) is 40.6 Å². The Hall–Kier alpha value is -3.42. The van der Waals surface area contributed by atoms with Gasteiger partial charge in [0.2, 0.25) is 0 Å². The van der Waals surface area contributed by atoms with Gasteiger partial charge in [0.05, 0.1) is 6.61 Å². The average molecular weight is 355 g/mol. The number of rotatable bonds is 7. The number of esters is 1. The van der Waals surface area contributed by atoms with Gasteiger partial charge in [0.15, 0.2) is 17.1 Å². The first kappa shape index (κ1) is 17.4. The summed E-state index contributed by atoms with van der Waals surface area (Å²) in [7, 11) is 0. The van der Waals surface area contributed by atoms with Crippen LogP contribution >= 0.6 is 0 Å². The molecule has 0 unspecified atom stereocenters. The summed E-state index contributed by atoms with van der Waals surface area (Å²) in [6.07, 6.45) is 0.377. The van der Waals surface area contributed by atoms with Gasteiger partial charge in [-0.05, 0) is 6.92 Å². The van der Waals surface area contributed by atoms with Gasteiger partial charge in [0, 0.05) is 30.7 Å². The molecule has 8 nitrogen and oxygen atoms in total. The number of ether oxygens (including phenoxy) is 1. The Bertz CT molecular complexity index is 885. The highest BCUT2D eigenvalue weighted by Crippen LogP contribution is 2.19. The number of amides is 1. The molecule has 0 spiro atoms. The molecule has 2 aromatic heterocycles. The lowest BCUT2D eigenvalue weighted by molar-refractivity contribution is 0.0514. The van der Waals surface area contributed by atoms with E-state index < -0.39 is 5.97 Å². The summed E-state index contributed by atoms with van der Waals surface area (Å²) < 4.78 is 15.1. The minimum Gasteiger partial charge on any atom is -0.461 e. The fourth-order valence-electron chi connectivity index (χ4n) is 2.24. The minimum atomic E-state index is -0.539. The van der Waals surface area contributed by atoms with E-state index in [1.807, 2.05) is 30.3 Å². The molecule has 1 aromatic carbocycles. The zero-order chi connectivity index (χ0) is 18.4. The normalized spacial score (nSPS) is 10.5. The predicted octanol–water partition coefficient (Wildman–Crippen LogP) is 2.48. The number of nitrogens with zero attached hydrogens (tertiary/aromatic N) is 2. The molecule has 3 aromatic rings. The van der Waals surface area contributed by atoms with Crippen molar-refractivity contribution in [3.05, 3.63) is 59.6 Å². The van der Waals surface area contributed by atoms with Crippen molar-refractivity contribution < 1.29 is 23.4 Å². The van der Waals surface area contributed by atoms with Crippen molar-refractivity contribution in [3.8, 4) is 11.3 Å². The van der Waals surface area contributed by atoms with E-state index in [2.05, 4.69) is 15.6 Å². The lowest BCUT2D eigenvalue weighted by Crippen LogP contribution is -2.25. The topological polar surface area (TPSA) is 107 Å². The van der Waals surface area contributed by atoms with Crippen LogP contribution < -0.4 is 5.32 Å². The Labute approximate surface area is 149 Å². The van der Waals surface area contributed by atoms with Crippen molar-refractivity contribution in [3.63, 3.8) is 0 Å². The first-order chi connectivity index (χ1) is 12.7. The van der Waals surface area contributed by atoms with Crippen molar-refractivity contribution in [2.24, 2.45) is 0 Å². The molecule has 0 saturated heterocycles. The molecule has 3 rings (SSSR count). The molecule has 0 bridgehead atoms. The molecule has 1 N–H and O–H groups in total. The van der Waals surface area contributed by atoms with E-state index in [4.69, 9.17) is 13.8 Å². The quantitative estimate of drug-likeness (QED) is 0.649. The summed E-state index contributed by atoms with van der Waals surface area (Å²) in [5.41, 5.74) is 1.14. The van der Waals surface area contributed by atoms with Gasteiger partial charge in [-0.2, -0.15) is 0 Å². The number of nitrogens with one attached hydrogen (secondary N) is 1. The Balaban J connectivity index is 1.52. The van der Waals surface area contributed by atoms with Gasteiger partial charge in [0.1, 0.15) is 5.76 Å². The number of hydrogen-bond donors (Lipinski definition) is 1. The summed E-state index contributed by atoms with van der Waals surface area (Å²) in [4.78, 5) is 23.6. The van der Waals surface area contributed by atoms with Crippen molar-refractivity contribution >= 4 is 11.9 Å². The molecule has 0 aliphatic rings. The number of carbonyl (C=O) groups excluding carboxylic acids is 2. The maximum atomic E-state index is 12.1. The van der Waals surface area contributed by atoms with Crippen LogP contribution in [0.2, 0.25) is 0 Å². The molecule has 134 valence electrons. The standard InChI is InChI=1S/C18H17N3O5/c1-2-24-18(23)15-10-13(25-21-15)8-9-19-17(22)14-11-16(26-20-14)12-6-4-3-5-7-12/h3-7,10-11H,2,8-9H2,1H3,(H,19,22). The van der Waals surface area contributed by atoms with E-state index in [0.717, 1.165) is 5.56 Å². The van der Waals surface area contributed by atoms with Gasteiger partial charge in [-0.15, -0.1) is 0 Å². The van der Waals surface area contributed by atoms with Crippen LogP contribution in [0.3, 0.4) is 0 Å². The third-order valence-electron chi connectivity index (χ3n) is 3.50. The molecule has 0 aliphatic heterocycles. The number of aromatic nitrogens is 2. The van der Waals surface area contributed by atoms with Crippen LogP contribution in [-0.2, 0) is 11.2 Å². The molecule has 1 amide bonds. The Morgan fingerprint density at radius 1 is 1.08 bits per heavy atom. The smallest absolute Gasteiger partial charge is 0.360 e. The zero-order valence-electron chi connectivity index (χ0n) is 14.1. The summed E-state index contributed by atoms with van der Waals surface area (Å²) in [5.74, 6) is 0.0900. The van der Waals surface area contributed by atoms with Crippen LogP contribution in [0.4, 0.5) is 0 Å². The van der Waals surface area contributed by atoms with Crippen LogP contribution in [0.15, 0.2) is 51.5 Å². The zero-order valence-corrected chi connectivity index (χ0v) is 14.1. The average Bonchev–Trinajstić information content (AvgIpc) is 3.32. The molecule has 0 fully saturated rings. The predicted molar refractivity (Wildman–Crippen MR) is 90.4 cm³/mol. The van der Waals surface area contributed by atoms with Crippen molar-refractivity contribution in [2.75, 3.05) is 13.2 Å². The molecule has 0 aliphatic carbocycles. The first-order valence-electron chi connectivity index (χ1n) is 8.10. The number of carbonyl (C=O) groups is 2. The van der Waals surface area contributed by atoms with E-state index >= 15 is 0 Å². The van der Waals surface area contributed by atoms with E-state index in [9.17, 15) is 9.59 Å². The highest BCUT2D eigenvalue weighted by molar-refractivity contribution is 5.93. The fourth-order valence-corrected chi connectivity index (χ4v) is 2.24. The monoisotopic (exact) mass is 355 g/mol. The second kappa shape index (κ2) is 8.11. The third-order valence-corrected chi connectivity index (χ3v) is 3.50.